The van der Waals surface area contributed by atoms with Gasteiger partial charge in [-0.15, -0.1) is 0 Å². The van der Waals surface area contributed by atoms with E-state index < -0.39 is 5.97 Å². The Labute approximate surface area is 122 Å². The molecule has 4 nitrogen and oxygen atoms in total. The number of carbonyl (C=O) groups excluding carboxylic acids is 2. The van der Waals surface area contributed by atoms with Crippen molar-refractivity contribution in [2.45, 2.75) is 6.42 Å². The van der Waals surface area contributed by atoms with Gasteiger partial charge in [-0.1, -0.05) is 11.6 Å². The average molecular weight is 300 g/mol. The van der Waals surface area contributed by atoms with Gasteiger partial charge in [-0.25, -0.2) is 4.79 Å². The second kappa shape index (κ2) is 5.84. The van der Waals surface area contributed by atoms with E-state index in [-0.39, 0.29) is 16.8 Å². The normalized spacial score (nSPS) is 18.8. The molecule has 1 heterocycles. The van der Waals surface area contributed by atoms with Crippen molar-refractivity contribution in [2.24, 2.45) is 5.92 Å². The molecule has 1 atom stereocenters. The maximum atomic E-state index is 11.9. The summed E-state index contributed by atoms with van der Waals surface area (Å²) in [6, 6.07) is 4.90. The summed E-state index contributed by atoms with van der Waals surface area (Å²) >= 11 is 10.3. The summed E-state index contributed by atoms with van der Waals surface area (Å²) < 4.78 is 4.62. The van der Waals surface area contributed by atoms with E-state index in [4.69, 9.17) is 11.6 Å². The van der Waals surface area contributed by atoms with Crippen LogP contribution in [0.15, 0.2) is 18.2 Å². The van der Waals surface area contributed by atoms with Crippen LogP contribution < -0.4 is 4.90 Å². The highest BCUT2D eigenvalue weighted by atomic mass is 35.5. The minimum atomic E-state index is -0.488. The zero-order valence-electron chi connectivity index (χ0n) is 10.4. The van der Waals surface area contributed by atoms with Gasteiger partial charge in [0.05, 0.1) is 17.7 Å². The molecule has 0 N–H and O–H groups in total. The Bertz CT molecular complexity index is 521. The molecule has 1 aromatic carbocycles. The molecule has 1 aromatic rings. The largest absolute Gasteiger partial charge is 0.465 e. The summed E-state index contributed by atoms with van der Waals surface area (Å²) in [4.78, 5) is 25.0. The van der Waals surface area contributed by atoms with Gasteiger partial charge in [0.2, 0.25) is 5.91 Å². The number of amides is 1. The van der Waals surface area contributed by atoms with Gasteiger partial charge in [-0.2, -0.15) is 12.6 Å². The second-order valence-electron chi connectivity index (χ2n) is 4.41. The first-order chi connectivity index (χ1) is 9.06. The van der Waals surface area contributed by atoms with Gasteiger partial charge < -0.3 is 9.64 Å². The van der Waals surface area contributed by atoms with Crippen LogP contribution in [0.25, 0.3) is 0 Å². The number of hydrogen-bond acceptors (Lipinski definition) is 4. The summed E-state index contributed by atoms with van der Waals surface area (Å²) in [5, 5.41) is 0.284. The maximum Gasteiger partial charge on any atom is 0.339 e. The van der Waals surface area contributed by atoms with Crippen molar-refractivity contribution < 1.29 is 14.3 Å². The Balaban J connectivity index is 2.25. The fraction of sp³-hybridized carbons (Fsp3) is 0.385. The molecule has 0 spiro atoms. The monoisotopic (exact) mass is 299 g/mol. The lowest BCUT2D eigenvalue weighted by Gasteiger charge is -2.17. The minimum Gasteiger partial charge on any atom is -0.465 e. The third-order valence-corrected chi connectivity index (χ3v) is 3.96. The van der Waals surface area contributed by atoms with Crippen molar-refractivity contribution in [1.29, 1.82) is 0 Å². The molecule has 6 heteroatoms. The number of ether oxygens (including phenoxy) is 1. The smallest absolute Gasteiger partial charge is 0.339 e. The predicted octanol–water partition coefficient (Wildman–Crippen LogP) is 2.41. The molecule has 0 radical (unpaired) electrons. The lowest BCUT2D eigenvalue weighted by molar-refractivity contribution is -0.117. The van der Waals surface area contributed by atoms with E-state index in [1.807, 2.05) is 0 Å². The SMILES string of the molecule is COC(=O)c1ccc(N2CC(CS)CC2=O)cc1Cl. The molecule has 1 amide bonds. The first-order valence-electron chi connectivity index (χ1n) is 5.86. The fourth-order valence-electron chi connectivity index (χ4n) is 2.10. The molecule has 0 saturated carbocycles. The van der Waals surface area contributed by atoms with Crippen LogP contribution in [0.5, 0.6) is 0 Å². The van der Waals surface area contributed by atoms with Crippen LogP contribution in [0.3, 0.4) is 0 Å². The highest BCUT2D eigenvalue weighted by molar-refractivity contribution is 7.80. The van der Waals surface area contributed by atoms with Gasteiger partial charge >= 0.3 is 5.97 Å². The van der Waals surface area contributed by atoms with E-state index in [1.165, 1.54) is 7.11 Å². The van der Waals surface area contributed by atoms with Crippen molar-refractivity contribution in [3.8, 4) is 0 Å². The van der Waals surface area contributed by atoms with Crippen LogP contribution in [0.1, 0.15) is 16.8 Å². The van der Waals surface area contributed by atoms with Crippen LogP contribution in [0, 0.1) is 5.92 Å². The Kier molecular flexibility index (Phi) is 4.37. The first-order valence-corrected chi connectivity index (χ1v) is 6.87. The van der Waals surface area contributed by atoms with E-state index in [9.17, 15) is 9.59 Å². The number of halogens is 1. The van der Waals surface area contributed by atoms with Gasteiger partial charge in [0.15, 0.2) is 0 Å². The van der Waals surface area contributed by atoms with E-state index >= 15 is 0 Å². The number of anilines is 1. The molecule has 102 valence electrons. The molecule has 1 unspecified atom stereocenters. The lowest BCUT2D eigenvalue weighted by atomic mass is 10.1. The van der Waals surface area contributed by atoms with Gasteiger partial charge in [-0.05, 0) is 29.9 Å². The van der Waals surface area contributed by atoms with Gasteiger partial charge in [-0.3, -0.25) is 4.79 Å². The summed E-state index contributed by atoms with van der Waals surface area (Å²) in [6.07, 6.45) is 0.500. The topological polar surface area (TPSA) is 46.6 Å². The van der Waals surface area contributed by atoms with Crippen LogP contribution in [-0.2, 0) is 9.53 Å². The van der Waals surface area contributed by atoms with E-state index in [0.29, 0.717) is 30.0 Å². The summed E-state index contributed by atoms with van der Waals surface area (Å²) in [6.45, 7) is 0.635. The Morgan fingerprint density at radius 3 is 2.84 bits per heavy atom. The van der Waals surface area contributed by atoms with Gasteiger partial charge in [0.25, 0.3) is 0 Å². The molecule has 1 aliphatic heterocycles. The first kappa shape index (κ1) is 14.2. The Morgan fingerprint density at radius 1 is 1.58 bits per heavy atom. The number of carbonyl (C=O) groups is 2. The van der Waals surface area contributed by atoms with Crippen LogP contribution in [0.2, 0.25) is 5.02 Å². The van der Waals surface area contributed by atoms with Gasteiger partial charge in [0.1, 0.15) is 0 Å². The summed E-state index contributed by atoms with van der Waals surface area (Å²) in [5.74, 6) is 0.504. The van der Waals surface area contributed by atoms with Crippen LogP contribution in [-0.4, -0.2) is 31.3 Å². The van der Waals surface area contributed by atoms with Crippen LogP contribution >= 0.6 is 24.2 Å². The molecule has 0 aliphatic carbocycles. The van der Waals surface area contributed by atoms with Crippen molar-refractivity contribution in [3.63, 3.8) is 0 Å². The molecule has 1 saturated heterocycles. The standard InChI is InChI=1S/C13H14ClNO3S/c1-18-13(17)10-3-2-9(5-11(10)14)15-6-8(7-19)4-12(15)16/h2-3,5,8,19H,4,6-7H2,1H3. The molecular formula is C13H14ClNO3S. The van der Waals surface area contributed by atoms with Crippen molar-refractivity contribution in [2.75, 3.05) is 24.3 Å². The Hall–Kier alpha value is -1.20. The molecular weight excluding hydrogens is 286 g/mol. The molecule has 0 bridgehead atoms. The summed E-state index contributed by atoms with van der Waals surface area (Å²) in [5.41, 5.74) is 0.997. The molecule has 1 aliphatic rings. The number of rotatable bonds is 3. The number of nitrogens with zero attached hydrogens (tertiary/aromatic N) is 1. The zero-order chi connectivity index (χ0) is 14.0. The summed E-state index contributed by atoms with van der Waals surface area (Å²) in [7, 11) is 1.30. The van der Waals surface area contributed by atoms with E-state index in [1.54, 1.807) is 23.1 Å². The van der Waals surface area contributed by atoms with Crippen molar-refractivity contribution >= 4 is 41.8 Å². The Morgan fingerprint density at radius 2 is 2.32 bits per heavy atom. The fourth-order valence-corrected chi connectivity index (χ4v) is 2.60. The minimum absolute atomic E-state index is 0.0564. The van der Waals surface area contributed by atoms with E-state index in [0.717, 1.165) is 0 Å². The quantitative estimate of drug-likeness (QED) is 0.689. The number of methoxy groups -OCH3 is 1. The highest BCUT2D eigenvalue weighted by Gasteiger charge is 2.30. The van der Waals surface area contributed by atoms with Gasteiger partial charge in [0, 0.05) is 18.7 Å². The number of hydrogen-bond donors (Lipinski definition) is 1. The van der Waals surface area contributed by atoms with E-state index in [2.05, 4.69) is 17.4 Å². The van der Waals surface area contributed by atoms with Crippen molar-refractivity contribution in [1.82, 2.24) is 0 Å². The number of thiol groups is 1. The maximum absolute atomic E-state index is 11.9. The number of esters is 1. The lowest BCUT2D eigenvalue weighted by Crippen LogP contribution is -2.24. The average Bonchev–Trinajstić information content (AvgIpc) is 2.79. The van der Waals surface area contributed by atoms with Crippen molar-refractivity contribution in [3.05, 3.63) is 28.8 Å². The third kappa shape index (κ3) is 2.87. The molecule has 2 rings (SSSR count). The van der Waals surface area contributed by atoms with Crippen LogP contribution in [0.4, 0.5) is 5.69 Å². The number of benzene rings is 1. The molecule has 1 fully saturated rings. The second-order valence-corrected chi connectivity index (χ2v) is 5.19. The highest BCUT2D eigenvalue weighted by Crippen LogP contribution is 2.29. The molecule has 19 heavy (non-hydrogen) atoms. The molecule has 0 aromatic heterocycles. The predicted molar refractivity (Wildman–Crippen MR) is 77.1 cm³/mol. The third-order valence-electron chi connectivity index (χ3n) is 3.13. The zero-order valence-corrected chi connectivity index (χ0v) is 12.1.